The van der Waals surface area contributed by atoms with Gasteiger partial charge in [-0.25, -0.2) is 14.4 Å². The molecule has 1 aromatic carbocycles. The summed E-state index contributed by atoms with van der Waals surface area (Å²) >= 11 is 3.11. The molecule has 2 aromatic heterocycles. The zero-order valence-corrected chi connectivity index (χ0v) is 16.8. The highest BCUT2D eigenvalue weighted by Gasteiger charge is 2.16. The quantitative estimate of drug-likeness (QED) is 0.476. The fourth-order valence-electron chi connectivity index (χ4n) is 2.61. The second-order valence-electron chi connectivity index (χ2n) is 6.20. The minimum absolute atomic E-state index is 0.00773. The van der Waals surface area contributed by atoms with Crippen molar-refractivity contribution in [3.8, 4) is 0 Å². The molecule has 3 rings (SSSR count). The number of hydrogen-bond acceptors (Lipinski definition) is 5. The third kappa shape index (κ3) is 4.04. The van der Waals surface area contributed by atoms with Gasteiger partial charge in [0.25, 0.3) is 0 Å². The number of thioether (sulfide) groups is 1. The van der Waals surface area contributed by atoms with Crippen LogP contribution in [0.5, 0.6) is 0 Å². The van der Waals surface area contributed by atoms with Crippen LogP contribution in [0.15, 0.2) is 29.3 Å². The number of aryl methyl sites for hydroxylation is 3. The van der Waals surface area contributed by atoms with Crippen molar-refractivity contribution in [1.29, 1.82) is 0 Å². The van der Waals surface area contributed by atoms with E-state index in [1.54, 1.807) is 35.4 Å². The number of amides is 1. The lowest BCUT2D eigenvalue weighted by Crippen LogP contribution is -2.27. The van der Waals surface area contributed by atoms with Gasteiger partial charge >= 0.3 is 0 Å². The highest BCUT2D eigenvalue weighted by molar-refractivity contribution is 8.00. The smallest absolute Gasteiger partial charge is 0.233 e. The largest absolute Gasteiger partial charge is 0.341 e. The Kier molecular flexibility index (Phi) is 5.58. The van der Waals surface area contributed by atoms with Crippen LogP contribution in [0.2, 0.25) is 0 Å². The number of carbonyl (C=O) groups excluding carboxylic acids is 1. The average molecular weight is 390 g/mol. The normalized spacial score (nSPS) is 11.1. The van der Waals surface area contributed by atoms with Gasteiger partial charge in [0.15, 0.2) is 0 Å². The first kappa shape index (κ1) is 18.8. The molecule has 0 spiro atoms. The maximum absolute atomic E-state index is 13.0. The highest BCUT2D eigenvalue weighted by Crippen LogP contribution is 2.35. The Morgan fingerprint density at radius 1 is 1.19 bits per heavy atom. The summed E-state index contributed by atoms with van der Waals surface area (Å²) in [6, 6.07) is 6.21. The number of thiophene rings is 1. The molecule has 0 unspecified atom stereocenters. The summed E-state index contributed by atoms with van der Waals surface area (Å²) in [7, 11) is 1.76. The number of benzene rings is 1. The number of fused-ring (bicyclic) bond motifs is 1. The molecule has 0 saturated carbocycles. The molecule has 1 amide bonds. The molecule has 2 heterocycles. The maximum Gasteiger partial charge on any atom is 0.233 e. The van der Waals surface area contributed by atoms with Gasteiger partial charge in [0, 0.05) is 23.9 Å². The number of nitrogens with zero attached hydrogens (tertiary/aromatic N) is 3. The molecule has 0 saturated heterocycles. The Bertz CT molecular complexity index is 954. The molecule has 26 heavy (non-hydrogen) atoms. The molecule has 0 aliphatic carbocycles. The van der Waals surface area contributed by atoms with E-state index in [2.05, 4.69) is 23.8 Å². The summed E-state index contributed by atoms with van der Waals surface area (Å²) < 4.78 is 13.0. The van der Waals surface area contributed by atoms with Gasteiger partial charge in [0.2, 0.25) is 5.91 Å². The van der Waals surface area contributed by atoms with Crippen molar-refractivity contribution < 1.29 is 9.18 Å². The van der Waals surface area contributed by atoms with Gasteiger partial charge < -0.3 is 4.90 Å². The van der Waals surface area contributed by atoms with Crippen molar-refractivity contribution >= 4 is 39.2 Å². The van der Waals surface area contributed by atoms with Crippen molar-refractivity contribution in [2.24, 2.45) is 0 Å². The van der Waals surface area contributed by atoms with E-state index in [1.807, 2.05) is 6.92 Å². The fraction of sp³-hybridized carbons (Fsp3) is 0.316. The Morgan fingerprint density at radius 2 is 1.88 bits per heavy atom. The number of rotatable bonds is 5. The molecule has 136 valence electrons. The zero-order valence-electron chi connectivity index (χ0n) is 15.2. The SMILES string of the molecule is Cc1nc(SCC(=O)N(C)Cc2ccc(F)cc2)c2c(C)c(C)sc2n1. The topological polar surface area (TPSA) is 46.1 Å². The van der Waals surface area contributed by atoms with Crippen LogP contribution < -0.4 is 0 Å². The lowest BCUT2D eigenvalue weighted by molar-refractivity contribution is -0.127. The fourth-order valence-corrected chi connectivity index (χ4v) is 4.82. The van der Waals surface area contributed by atoms with Gasteiger partial charge in [-0.1, -0.05) is 23.9 Å². The molecule has 4 nitrogen and oxygen atoms in total. The Hall–Kier alpha value is -1.99. The van der Waals surface area contributed by atoms with Crippen LogP contribution in [0.4, 0.5) is 4.39 Å². The summed E-state index contributed by atoms with van der Waals surface area (Å²) in [6.45, 7) is 6.47. The van der Waals surface area contributed by atoms with E-state index in [4.69, 9.17) is 0 Å². The molecule has 0 radical (unpaired) electrons. The van der Waals surface area contributed by atoms with Crippen molar-refractivity contribution in [1.82, 2.24) is 14.9 Å². The number of carbonyl (C=O) groups is 1. The number of halogens is 1. The van der Waals surface area contributed by atoms with Crippen LogP contribution in [0.25, 0.3) is 10.2 Å². The van der Waals surface area contributed by atoms with Gasteiger partial charge in [-0.3, -0.25) is 4.79 Å². The molecule has 3 aromatic rings. The zero-order chi connectivity index (χ0) is 18.8. The average Bonchev–Trinajstić information content (AvgIpc) is 2.88. The molecular formula is C19H20FN3OS2. The Morgan fingerprint density at radius 3 is 2.58 bits per heavy atom. The predicted molar refractivity (Wildman–Crippen MR) is 105 cm³/mol. The van der Waals surface area contributed by atoms with Crippen molar-refractivity contribution in [2.45, 2.75) is 32.3 Å². The summed E-state index contributed by atoms with van der Waals surface area (Å²) in [6.07, 6.45) is 0. The molecular weight excluding hydrogens is 369 g/mol. The maximum atomic E-state index is 13.0. The Balaban J connectivity index is 1.71. The predicted octanol–water partition coefficient (Wildman–Crippen LogP) is 4.51. The van der Waals surface area contributed by atoms with Gasteiger partial charge in [0.1, 0.15) is 21.5 Å². The standard InChI is InChI=1S/C19H20FN3OS2/c1-11-12(2)26-19-17(11)18(21-13(3)22-19)25-10-16(24)23(4)9-14-5-7-15(20)8-6-14/h5-8H,9-10H2,1-4H3. The van der Waals surface area contributed by atoms with Gasteiger partial charge in [0.05, 0.1) is 5.75 Å². The van der Waals surface area contributed by atoms with E-state index in [-0.39, 0.29) is 11.7 Å². The van der Waals surface area contributed by atoms with Crippen molar-refractivity contribution in [2.75, 3.05) is 12.8 Å². The van der Waals surface area contributed by atoms with Crippen molar-refractivity contribution in [3.63, 3.8) is 0 Å². The summed E-state index contributed by atoms with van der Waals surface area (Å²) in [5.74, 6) is 0.752. The lowest BCUT2D eigenvalue weighted by Gasteiger charge is -2.17. The van der Waals surface area contributed by atoms with Crippen LogP contribution in [-0.4, -0.2) is 33.6 Å². The first-order chi connectivity index (χ1) is 12.3. The van der Waals surface area contributed by atoms with Crippen LogP contribution >= 0.6 is 23.1 Å². The molecule has 0 aliphatic heterocycles. The second kappa shape index (κ2) is 7.72. The van der Waals surface area contributed by atoms with Gasteiger partial charge in [-0.2, -0.15) is 0 Å². The monoisotopic (exact) mass is 389 g/mol. The van der Waals surface area contributed by atoms with E-state index in [9.17, 15) is 9.18 Å². The van der Waals surface area contributed by atoms with Crippen LogP contribution in [0, 0.1) is 26.6 Å². The first-order valence-corrected chi connectivity index (χ1v) is 10.0. The van der Waals surface area contributed by atoms with E-state index >= 15 is 0 Å². The molecule has 7 heteroatoms. The van der Waals surface area contributed by atoms with Gasteiger partial charge in [-0.05, 0) is 44.0 Å². The van der Waals surface area contributed by atoms with Crippen molar-refractivity contribution in [3.05, 3.63) is 51.9 Å². The second-order valence-corrected chi connectivity index (χ2v) is 8.37. The van der Waals surface area contributed by atoms with E-state index in [0.717, 1.165) is 20.8 Å². The van der Waals surface area contributed by atoms with Crippen LogP contribution in [0.1, 0.15) is 21.8 Å². The summed E-state index contributed by atoms with van der Waals surface area (Å²) in [4.78, 5) is 25.4. The van der Waals surface area contributed by atoms with E-state index in [1.165, 1.54) is 34.3 Å². The minimum Gasteiger partial charge on any atom is -0.341 e. The lowest BCUT2D eigenvalue weighted by atomic mass is 10.2. The summed E-state index contributed by atoms with van der Waals surface area (Å²) in [5, 5.41) is 1.91. The molecule has 0 bridgehead atoms. The van der Waals surface area contributed by atoms with E-state index < -0.39 is 0 Å². The molecule has 0 fully saturated rings. The molecule has 0 N–H and O–H groups in total. The molecule has 0 aliphatic rings. The van der Waals surface area contributed by atoms with Gasteiger partial charge in [-0.15, -0.1) is 11.3 Å². The minimum atomic E-state index is -0.275. The summed E-state index contributed by atoms with van der Waals surface area (Å²) in [5.41, 5.74) is 2.08. The highest BCUT2D eigenvalue weighted by atomic mass is 32.2. The van der Waals surface area contributed by atoms with Crippen LogP contribution in [0.3, 0.4) is 0 Å². The van der Waals surface area contributed by atoms with Crippen LogP contribution in [-0.2, 0) is 11.3 Å². The molecule has 0 atom stereocenters. The third-order valence-corrected chi connectivity index (χ3v) is 6.26. The number of hydrogen-bond donors (Lipinski definition) is 0. The Labute approximate surface area is 160 Å². The third-order valence-electron chi connectivity index (χ3n) is 4.20. The van der Waals surface area contributed by atoms with E-state index in [0.29, 0.717) is 18.1 Å². The number of aromatic nitrogens is 2. The first-order valence-electron chi connectivity index (χ1n) is 8.20.